The number of hydrogen-bond acceptors (Lipinski definition) is 4. The largest absolute Gasteiger partial charge is 0.493 e. The molecule has 0 unspecified atom stereocenters. The molecule has 0 amide bonds. The van der Waals surface area contributed by atoms with Crippen molar-refractivity contribution in [1.82, 2.24) is 4.90 Å². The summed E-state index contributed by atoms with van der Waals surface area (Å²) < 4.78 is 6.04. The zero-order valence-electron chi connectivity index (χ0n) is 16.2. The van der Waals surface area contributed by atoms with Gasteiger partial charge in [0, 0.05) is 50.3 Å². The van der Waals surface area contributed by atoms with Gasteiger partial charge in [-0.2, -0.15) is 0 Å². The molecule has 28 heavy (non-hydrogen) atoms. The second-order valence-corrected chi connectivity index (χ2v) is 7.95. The van der Waals surface area contributed by atoms with E-state index >= 15 is 0 Å². The van der Waals surface area contributed by atoms with Crippen LogP contribution in [0.3, 0.4) is 0 Å². The van der Waals surface area contributed by atoms with Gasteiger partial charge in [-0.3, -0.25) is 9.69 Å². The number of ketones is 1. The van der Waals surface area contributed by atoms with E-state index in [4.69, 9.17) is 16.3 Å². The minimum atomic E-state index is 0.253. The van der Waals surface area contributed by atoms with Crippen molar-refractivity contribution in [3.8, 4) is 5.75 Å². The molecule has 1 fully saturated rings. The van der Waals surface area contributed by atoms with Crippen LogP contribution in [0, 0.1) is 0 Å². The molecule has 0 bridgehead atoms. The van der Waals surface area contributed by atoms with E-state index in [0.29, 0.717) is 13.0 Å². The van der Waals surface area contributed by atoms with Crippen molar-refractivity contribution in [2.24, 2.45) is 0 Å². The van der Waals surface area contributed by atoms with Crippen molar-refractivity contribution in [2.75, 3.05) is 44.2 Å². The van der Waals surface area contributed by atoms with Crippen molar-refractivity contribution in [3.05, 3.63) is 58.6 Å². The normalized spacial score (nSPS) is 17.5. The lowest BCUT2D eigenvalue weighted by Crippen LogP contribution is -2.46. The Morgan fingerprint density at radius 2 is 1.79 bits per heavy atom. The molecule has 1 aliphatic heterocycles. The average Bonchev–Trinajstić information content (AvgIpc) is 2.73. The molecule has 0 N–H and O–H groups in total. The van der Waals surface area contributed by atoms with E-state index in [1.807, 2.05) is 36.4 Å². The van der Waals surface area contributed by atoms with E-state index in [-0.39, 0.29) is 5.78 Å². The molecule has 0 spiro atoms. The molecule has 5 heteroatoms. The first-order chi connectivity index (χ1) is 13.7. The zero-order valence-corrected chi connectivity index (χ0v) is 17.0. The molecule has 1 aliphatic carbocycles. The Hall–Kier alpha value is -2.04. The molecule has 0 atom stereocenters. The highest BCUT2D eigenvalue weighted by Crippen LogP contribution is 2.30. The van der Waals surface area contributed by atoms with Gasteiger partial charge < -0.3 is 9.64 Å². The number of carbonyl (C=O) groups excluding carboxylic acids is 1. The summed E-state index contributed by atoms with van der Waals surface area (Å²) in [5.74, 6) is 1.15. The Balaban J connectivity index is 1.23. The summed E-state index contributed by atoms with van der Waals surface area (Å²) in [7, 11) is 0. The highest BCUT2D eigenvalue weighted by Gasteiger charge is 2.21. The number of rotatable bonds is 6. The van der Waals surface area contributed by atoms with Crippen molar-refractivity contribution in [2.45, 2.75) is 25.7 Å². The van der Waals surface area contributed by atoms with Gasteiger partial charge in [-0.05, 0) is 37.5 Å². The fraction of sp³-hybridized carbons (Fsp3) is 0.435. The second kappa shape index (κ2) is 8.97. The van der Waals surface area contributed by atoms with E-state index in [1.54, 1.807) is 0 Å². The Morgan fingerprint density at radius 1 is 0.964 bits per heavy atom. The summed E-state index contributed by atoms with van der Waals surface area (Å²) in [6, 6.07) is 13.9. The predicted octanol–water partition coefficient (Wildman–Crippen LogP) is 4.45. The van der Waals surface area contributed by atoms with Crippen LogP contribution in [0.15, 0.2) is 42.5 Å². The number of nitrogens with zero attached hydrogens (tertiary/aromatic N) is 2. The van der Waals surface area contributed by atoms with Crippen LogP contribution in [-0.2, 0) is 6.42 Å². The maximum Gasteiger partial charge on any atom is 0.163 e. The molecule has 148 valence electrons. The molecule has 0 aromatic heterocycles. The molecule has 2 aliphatic rings. The zero-order chi connectivity index (χ0) is 19.3. The predicted molar refractivity (Wildman–Crippen MR) is 114 cm³/mol. The third kappa shape index (κ3) is 4.34. The number of anilines is 1. The number of carbonyl (C=O) groups is 1. The van der Waals surface area contributed by atoms with Gasteiger partial charge in [0.05, 0.1) is 17.3 Å². The van der Waals surface area contributed by atoms with Gasteiger partial charge in [-0.1, -0.05) is 35.9 Å². The molecule has 4 rings (SSSR count). The van der Waals surface area contributed by atoms with E-state index in [9.17, 15) is 4.79 Å². The molecule has 1 saturated heterocycles. The maximum atomic E-state index is 12.0. The minimum absolute atomic E-state index is 0.253. The highest BCUT2D eigenvalue weighted by atomic mass is 35.5. The summed E-state index contributed by atoms with van der Waals surface area (Å²) in [6.45, 7) is 5.80. The van der Waals surface area contributed by atoms with Crippen LogP contribution < -0.4 is 9.64 Å². The fourth-order valence-electron chi connectivity index (χ4n) is 4.17. The molecular weight excluding hydrogens is 372 g/mol. The standard InChI is InChI=1S/C23H27ClN2O2/c24-20-8-1-2-9-21(20)26-15-13-25(14-16-26)12-5-17-28-23-11-4-6-18-19(23)7-3-10-22(18)27/h1-2,4,6,8-9,11H,3,5,7,10,12-17H2. The van der Waals surface area contributed by atoms with Gasteiger partial charge in [0.25, 0.3) is 0 Å². The second-order valence-electron chi connectivity index (χ2n) is 7.54. The van der Waals surface area contributed by atoms with Crippen LogP contribution in [0.25, 0.3) is 0 Å². The number of fused-ring (bicyclic) bond motifs is 1. The molecule has 2 aromatic rings. The topological polar surface area (TPSA) is 32.8 Å². The van der Waals surface area contributed by atoms with Crippen LogP contribution in [0.4, 0.5) is 5.69 Å². The monoisotopic (exact) mass is 398 g/mol. The summed E-state index contributed by atoms with van der Waals surface area (Å²) >= 11 is 6.32. The van der Waals surface area contributed by atoms with Crippen LogP contribution in [0.2, 0.25) is 5.02 Å². The van der Waals surface area contributed by atoms with Crippen molar-refractivity contribution < 1.29 is 9.53 Å². The van der Waals surface area contributed by atoms with E-state index in [2.05, 4.69) is 15.9 Å². The Labute approximate surface area is 172 Å². The quantitative estimate of drug-likeness (QED) is 0.673. The SMILES string of the molecule is O=C1CCCc2c(OCCCN3CCN(c4ccccc4Cl)CC3)cccc21. The lowest BCUT2D eigenvalue weighted by atomic mass is 9.90. The third-order valence-corrected chi connectivity index (χ3v) is 6.03. The molecule has 0 radical (unpaired) electrons. The lowest BCUT2D eigenvalue weighted by molar-refractivity contribution is 0.0971. The number of Topliss-reactive ketones (excluding diaryl/α,β-unsaturated/α-hetero) is 1. The smallest absolute Gasteiger partial charge is 0.163 e. The van der Waals surface area contributed by atoms with E-state index in [1.165, 1.54) is 0 Å². The van der Waals surface area contributed by atoms with Gasteiger partial charge in [0.1, 0.15) is 5.75 Å². The highest BCUT2D eigenvalue weighted by molar-refractivity contribution is 6.33. The number of ether oxygens (including phenoxy) is 1. The van der Waals surface area contributed by atoms with Gasteiger partial charge >= 0.3 is 0 Å². The molecule has 2 aromatic carbocycles. The summed E-state index contributed by atoms with van der Waals surface area (Å²) in [6.07, 6.45) is 3.53. The van der Waals surface area contributed by atoms with Gasteiger partial charge in [-0.25, -0.2) is 0 Å². The number of piperazine rings is 1. The average molecular weight is 399 g/mol. The maximum absolute atomic E-state index is 12.0. The Kier molecular flexibility index (Phi) is 6.18. The van der Waals surface area contributed by atoms with Crippen LogP contribution in [-0.4, -0.2) is 50.0 Å². The first-order valence-corrected chi connectivity index (χ1v) is 10.6. The molecule has 1 heterocycles. The van der Waals surface area contributed by atoms with Gasteiger partial charge in [0.15, 0.2) is 5.78 Å². The molecular formula is C23H27ClN2O2. The summed E-state index contributed by atoms with van der Waals surface area (Å²) in [5.41, 5.74) is 3.10. The third-order valence-electron chi connectivity index (χ3n) is 5.71. The van der Waals surface area contributed by atoms with Gasteiger partial charge in [-0.15, -0.1) is 0 Å². The fourth-order valence-corrected chi connectivity index (χ4v) is 4.43. The first-order valence-electron chi connectivity index (χ1n) is 10.2. The van der Waals surface area contributed by atoms with E-state index < -0.39 is 0 Å². The number of hydrogen-bond donors (Lipinski definition) is 0. The molecule has 0 saturated carbocycles. The van der Waals surface area contributed by atoms with Crippen LogP contribution in [0.5, 0.6) is 5.75 Å². The summed E-state index contributed by atoms with van der Waals surface area (Å²) in [4.78, 5) is 16.9. The first kappa shape index (κ1) is 19.3. The number of halogens is 1. The van der Waals surface area contributed by atoms with Crippen LogP contribution in [0.1, 0.15) is 35.2 Å². The Morgan fingerprint density at radius 3 is 2.61 bits per heavy atom. The summed E-state index contributed by atoms with van der Waals surface area (Å²) in [5, 5.41) is 0.828. The van der Waals surface area contributed by atoms with E-state index in [0.717, 1.165) is 79.6 Å². The van der Waals surface area contributed by atoms with Crippen molar-refractivity contribution in [1.29, 1.82) is 0 Å². The van der Waals surface area contributed by atoms with Crippen molar-refractivity contribution in [3.63, 3.8) is 0 Å². The molecule has 4 nitrogen and oxygen atoms in total. The number of para-hydroxylation sites is 1. The number of benzene rings is 2. The Bertz CT molecular complexity index is 831. The van der Waals surface area contributed by atoms with Gasteiger partial charge in [0.2, 0.25) is 0 Å². The minimum Gasteiger partial charge on any atom is -0.493 e. The lowest BCUT2D eigenvalue weighted by Gasteiger charge is -2.36. The van der Waals surface area contributed by atoms with Crippen molar-refractivity contribution >= 4 is 23.1 Å². The van der Waals surface area contributed by atoms with Crippen LogP contribution >= 0.6 is 11.6 Å².